The lowest BCUT2D eigenvalue weighted by atomic mass is 10.0. The first-order valence-electron chi connectivity index (χ1n) is 7.22. The van der Waals surface area contributed by atoms with E-state index in [0.717, 1.165) is 12.8 Å². The summed E-state index contributed by atoms with van der Waals surface area (Å²) in [4.78, 5) is 28.5. The van der Waals surface area contributed by atoms with Crippen LogP contribution in [0.5, 0.6) is 0 Å². The van der Waals surface area contributed by atoms with Gasteiger partial charge in [-0.05, 0) is 18.6 Å². The van der Waals surface area contributed by atoms with Crippen molar-refractivity contribution >= 4 is 34.0 Å². The topological polar surface area (TPSA) is 71.1 Å². The molecule has 0 unspecified atom stereocenters. The van der Waals surface area contributed by atoms with Gasteiger partial charge < -0.3 is 5.32 Å². The third-order valence-corrected chi connectivity index (χ3v) is 3.94. The number of nitrogens with zero attached hydrogens (tertiary/aromatic N) is 1. The van der Waals surface area contributed by atoms with Gasteiger partial charge in [0, 0.05) is 17.5 Å². The summed E-state index contributed by atoms with van der Waals surface area (Å²) in [6.07, 6.45) is 3.39. The number of hydrogen-bond donors (Lipinski definition) is 2. The average molecular weight is 317 g/mol. The zero-order valence-corrected chi connectivity index (χ0v) is 13.4. The minimum absolute atomic E-state index is 0.0728. The maximum Gasteiger partial charge on any atom is 0.259 e. The fourth-order valence-electron chi connectivity index (χ4n) is 2.06. The van der Waals surface area contributed by atoms with Crippen LogP contribution in [0.2, 0.25) is 0 Å². The first-order chi connectivity index (χ1) is 10.6. The molecule has 0 saturated heterocycles. The molecule has 22 heavy (non-hydrogen) atoms. The zero-order chi connectivity index (χ0) is 15.9. The van der Waals surface area contributed by atoms with Crippen LogP contribution in [0, 0.1) is 5.92 Å². The molecule has 0 bridgehead atoms. The van der Waals surface area contributed by atoms with Crippen molar-refractivity contribution in [2.75, 3.05) is 10.6 Å². The Balaban J connectivity index is 2.12. The highest BCUT2D eigenvalue weighted by Gasteiger charge is 2.17. The minimum atomic E-state index is -0.283. The summed E-state index contributed by atoms with van der Waals surface area (Å²) in [6.45, 7) is 3.93. The molecule has 0 spiro atoms. The second kappa shape index (κ2) is 7.70. The number of thiazole rings is 1. The van der Waals surface area contributed by atoms with Gasteiger partial charge in [-0.15, -0.1) is 11.3 Å². The summed E-state index contributed by atoms with van der Waals surface area (Å²) in [5, 5.41) is 7.88. The van der Waals surface area contributed by atoms with E-state index < -0.39 is 0 Å². The number of aromatic nitrogens is 1. The Labute approximate surface area is 133 Å². The first kappa shape index (κ1) is 16.2. The molecular formula is C16H19N3O2S. The number of rotatable bonds is 6. The van der Waals surface area contributed by atoms with E-state index in [0.29, 0.717) is 16.4 Å². The number of para-hydroxylation sites is 1. The predicted octanol–water partition coefficient (Wildman–Crippen LogP) is 3.77. The smallest absolute Gasteiger partial charge is 0.259 e. The van der Waals surface area contributed by atoms with Crippen molar-refractivity contribution in [1.29, 1.82) is 0 Å². The van der Waals surface area contributed by atoms with Crippen LogP contribution >= 0.6 is 11.3 Å². The van der Waals surface area contributed by atoms with Gasteiger partial charge in [-0.2, -0.15) is 0 Å². The molecule has 0 aliphatic rings. The van der Waals surface area contributed by atoms with Crippen LogP contribution in [-0.2, 0) is 4.79 Å². The molecule has 0 aliphatic carbocycles. The van der Waals surface area contributed by atoms with Crippen LogP contribution in [0.4, 0.5) is 10.8 Å². The van der Waals surface area contributed by atoms with E-state index in [2.05, 4.69) is 15.6 Å². The maximum absolute atomic E-state index is 12.3. The molecule has 2 amide bonds. The van der Waals surface area contributed by atoms with E-state index in [9.17, 15) is 9.59 Å². The second-order valence-electron chi connectivity index (χ2n) is 5.02. The summed E-state index contributed by atoms with van der Waals surface area (Å²) >= 11 is 1.35. The third-order valence-electron chi connectivity index (χ3n) is 3.25. The highest BCUT2D eigenvalue weighted by Crippen LogP contribution is 2.19. The van der Waals surface area contributed by atoms with Gasteiger partial charge in [-0.25, -0.2) is 4.98 Å². The fraction of sp³-hybridized carbons (Fsp3) is 0.312. The standard InChI is InChI=1S/C16H19N3O2S/c1-3-6-11(2)14(20)18-13-8-5-4-7-12(13)15(21)19-16-17-9-10-22-16/h4-5,7-11H,3,6H2,1-2H3,(H,18,20)(H,17,19,21)/t11-/m1/s1. The van der Waals surface area contributed by atoms with E-state index in [1.54, 1.807) is 35.8 Å². The van der Waals surface area contributed by atoms with Crippen molar-refractivity contribution in [2.24, 2.45) is 5.92 Å². The van der Waals surface area contributed by atoms with Gasteiger partial charge in [0.1, 0.15) is 0 Å². The Kier molecular flexibility index (Phi) is 5.66. The number of nitrogens with one attached hydrogen (secondary N) is 2. The Hall–Kier alpha value is -2.21. The molecule has 0 radical (unpaired) electrons. The third kappa shape index (κ3) is 4.14. The molecule has 1 heterocycles. The normalized spacial score (nSPS) is 11.7. The van der Waals surface area contributed by atoms with Crippen LogP contribution in [-0.4, -0.2) is 16.8 Å². The number of carbonyl (C=O) groups excluding carboxylic acids is 2. The van der Waals surface area contributed by atoms with Crippen molar-refractivity contribution in [1.82, 2.24) is 4.98 Å². The largest absolute Gasteiger partial charge is 0.325 e. The summed E-state index contributed by atoms with van der Waals surface area (Å²) in [6, 6.07) is 6.97. The average Bonchev–Trinajstić information content (AvgIpc) is 3.00. The number of hydrogen-bond acceptors (Lipinski definition) is 4. The summed E-state index contributed by atoms with van der Waals surface area (Å²) in [7, 11) is 0. The van der Waals surface area contributed by atoms with Crippen LogP contribution in [0.15, 0.2) is 35.8 Å². The van der Waals surface area contributed by atoms with Crippen molar-refractivity contribution in [3.05, 3.63) is 41.4 Å². The number of benzene rings is 1. The zero-order valence-electron chi connectivity index (χ0n) is 12.6. The minimum Gasteiger partial charge on any atom is -0.325 e. The lowest BCUT2D eigenvalue weighted by Gasteiger charge is -2.14. The van der Waals surface area contributed by atoms with Crippen molar-refractivity contribution in [3.63, 3.8) is 0 Å². The van der Waals surface area contributed by atoms with Gasteiger partial charge in [0.2, 0.25) is 5.91 Å². The highest BCUT2D eigenvalue weighted by molar-refractivity contribution is 7.13. The van der Waals surface area contributed by atoms with Gasteiger partial charge in [0.25, 0.3) is 5.91 Å². The summed E-state index contributed by atoms with van der Waals surface area (Å²) < 4.78 is 0. The van der Waals surface area contributed by atoms with Gasteiger partial charge >= 0.3 is 0 Å². The Morgan fingerprint density at radius 2 is 2.05 bits per heavy atom. The lowest BCUT2D eigenvalue weighted by Crippen LogP contribution is -2.22. The van der Waals surface area contributed by atoms with Gasteiger partial charge in [-0.1, -0.05) is 32.4 Å². The maximum atomic E-state index is 12.3. The molecule has 0 fully saturated rings. The molecule has 2 N–H and O–H groups in total. The molecule has 1 aromatic carbocycles. The van der Waals surface area contributed by atoms with Gasteiger partial charge in [0.15, 0.2) is 5.13 Å². The Morgan fingerprint density at radius 1 is 1.27 bits per heavy atom. The SMILES string of the molecule is CCC[C@@H](C)C(=O)Nc1ccccc1C(=O)Nc1nccs1. The second-order valence-corrected chi connectivity index (χ2v) is 5.91. The van der Waals surface area contributed by atoms with E-state index >= 15 is 0 Å². The summed E-state index contributed by atoms with van der Waals surface area (Å²) in [5.74, 6) is -0.439. The van der Waals surface area contributed by atoms with Gasteiger partial charge in [0.05, 0.1) is 11.3 Å². The van der Waals surface area contributed by atoms with Crippen molar-refractivity contribution in [2.45, 2.75) is 26.7 Å². The fourth-order valence-corrected chi connectivity index (χ4v) is 2.58. The molecular weight excluding hydrogens is 298 g/mol. The van der Waals surface area contributed by atoms with E-state index in [1.165, 1.54) is 11.3 Å². The molecule has 116 valence electrons. The monoisotopic (exact) mass is 317 g/mol. The molecule has 1 atom stereocenters. The Morgan fingerprint density at radius 3 is 2.73 bits per heavy atom. The Bertz CT molecular complexity index is 641. The number of carbonyl (C=O) groups is 2. The molecule has 1 aromatic heterocycles. The van der Waals surface area contributed by atoms with Crippen LogP contribution in [0.25, 0.3) is 0 Å². The van der Waals surface area contributed by atoms with E-state index in [1.807, 2.05) is 13.8 Å². The molecule has 6 heteroatoms. The molecule has 2 aromatic rings. The molecule has 5 nitrogen and oxygen atoms in total. The van der Waals surface area contributed by atoms with Crippen molar-refractivity contribution < 1.29 is 9.59 Å². The summed E-state index contributed by atoms with van der Waals surface area (Å²) in [5.41, 5.74) is 0.944. The molecule has 0 aliphatic heterocycles. The van der Waals surface area contributed by atoms with Crippen LogP contribution in [0.1, 0.15) is 37.0 Å². The van der Waals surface area contributed by atoms with Gasteiger partial charge in [-0.3, -0.25) is 14.9 Å². The van der Waals surface area contributed by atoms with Crippen LogP contribution < -0.4 is 10.6 Å². The highest BCUT2D eigenvalue weighted by atomic mass is 32.1. The lowest BCUT2D eigenvalue weighted by molar-refractivity contribution is -0.119. The number of anilines is 2. The molecule has 2 rings (SSSR count). The quantitative estimate of drug-likeness (QED) is 0.852. The van der Waals surface area contributed by atoms with Crippen LogP contribution in [0.3, 0.4) is 0 Å². The first-order valence-corrected chi connectivity index (χ1v) is 8.10. The van der Waals surface area contributed by atoms with Crippen molar-refractivity contribution in [3.8, 4) is 0 Å². The van der Waals surface area contributed by atoms with E-state index in [4.69, 9.17) is 0 Å². The number of amides is 2. The predicted molar refractivity (Wildman–Crippen MR) is 89.2 cm³/mol. The van der Waals surface area contributed by atoms with E-state index in [-0.39, 0.29) is 17.7 Å². The molecule has 0 saturated carbocycles.